The molecule has 8 nitrogen and oxygen atoms in total. The Morgan fingerprint density at radius 3 is 2.46 bits per heavy atom. The van der Waals surface area contributed by atoms with E-state index in [1.165, 1.54) is 12.1 Å². The zero-order valence-electron chi connectivity index (χ0n) is 20.0. The molecule has 1 amide bonds. The summed E-state index contributed by atoms with van der Waals surface area (Å²) in [4.78, 5) is 18.5. The van der Waals surface area contributed by atoms with Gasteiger partial charge in [0.2, 0.25) is 5.91 Å². The number of benzene rings is 2. The number of hydrogen-bond acceptors (Lipinski definition) is 7. The number of pyridine rings is 1. The monoisotopic (exact) mass is 511 g/mol. The molecule has 1 fully saturated rings. The number of alkyl halides is 3. The molecule has 11 heteroatoms. The van der Waals surface area contributed by atoms with Gasteiger partial charge in [-0.05, 0) is 41.5 Å². The fourth-order valence-corrected chi connectivity index (χ4v) is 4.10. The summed E-state index contributed by atoms with van der Waals surface area (Å²) in [6.45, 7) is 2.95. The molecule has 194 valence electrons. The maximum absolute atomic E-state index is 13.7. The van der Waals surface area contributed by atoms with Gasteiger partial charge in [-0.3, -0.25) is 9.69 Å². The smallest absolute Gasteiger partial charge is 0.383 e. The highest BCUT2D eigenvalue weighted by molar-refractivity contribution is 5.94. The van der Waals surface area contributed by atoms with Crippen LogP contribution in [0.15, 0.2) is 54.7 Å². The largest absolute Gasteiger partial charge is 0.416 e. The molecule has 0 atom stereocenters. The molecule has 0 saturated carbocycles. The first-order chi connectivity index (χ1) is 17.7. The van der Waals surface area contributed by atoms with Crippen molar-refractivity contribution in [1.29, 1.82) is 5.41 Å². The van der Waals surface area contributed by atoms with Crippen LogP contribution in [0.1, 0.15) is 16.7 Å². The quantitative estimate of drug-likeness (QED) is 0.294. The van der Waals surface area contributed by atoms with E-state index in [-0.39, 0.29) is 30.2 Å². The van der Waals surface area contributed by atoms with Gasteiger partial charge in [0.1, 0.15) is 5.82 Å². The van der Waals surface area contributed by atoms with E-state index in [4.69, 9.17) is 11.1 Å². The fourth-order valence-electron chi connectivity index (χ4n) is 4.10. The maximum atomic E-state index is 13.7. The zero-order chi connectivity index (χ0) is 26.4. The minimum Gasteiger partial charge on any atom is -0.383 e. The highest BCUT2D eigenvalue weighted by Crippen LogP contribution is 2.34. The third kappa shape index (κ3) is 6.83. The van der Waals surface area contributed by atoms with Crippen LogP contribution in [0.2, 0.25) is 0 Å². The van der Waals surface area contributed by atoms with E-state index in [0.29, 0.717) is 24.3 Å². The average molecular weight is 512 g/mol. The average Bonchev–Trinajstić information content (AvgIpc) is 2.89. The highest BCUT2D eigenvalue weighted by Gasteiger charge is 2.34. The minimum atomic E-state index is -4.52. The van der Waals surface area contributed by atoms with Crippen molar-refractivity contribution < 1.29 is 18.0 Å². The maximum Gasteiger partial charge on any atom is 0.416 e. The number of nitrogens with one attached hydrogen (secondary N) is 4. The Morgan fingerprint density at radius 1 is 1.08 bits per heavy atom. The molecule has 2 aromatic carbocycles. The molecular formula is C26H28F3N7O. The molecule has 1 aliphatic rings. The third-order valence-corrected chi connectivity index (χ3v) is 6.08. The van der Waals surface area contributed by atoms with Crippen LogP contribution in [-0.4, -0.2) is 54.7 Å². The Hall–Kier alpha value is -3.96. The van der Waals surface area contributed by atoms with Crippen LogP contribution in [0.4, 0.5) is 30.4 Å². The van der Waals surface area contributed by atoms with E-state index < -0.39 is 17.6 Å². The van der Waals surface area contributed by atoms with Gasteiger partial charge < -0.3 is 27.1 Å². The number of piperazine rings is 1. The van der Waals surface area contributed by atoms with Gasteiger partial charge >= 0.3 is 6.18 Å². The lowest BCUT2D eigenvalue weighted by Gasteiger charge is -2.28. The first-order valence-corrected chi connectivity index (χ1v) is 11.8. The SMILES string of the molecule is N=Cc1cc(-c2ccc(NCC(=O)Nc3ccc(CN4CCNCC4)c(C(F)(F)F)c3)cc2)cnc1N. The van der Waals surface area contributed by atoms with Gasteiger partial charge in [-0.15, -0.1) is 0 Å². The standard InChI is InChI=1S/C26H28F3N7O/c27-26(28,29)23-12-22(6-3-18(23)16-36-9-7-32-8-10-36)35-24(37)15-33-21-4-1-17(2-5-21)20-11-19(13-30)25(31)34-14-20/h1-6,11-14,30,32-33H,7-10,15-16H2,(H2,31,34)(H,35,37). The lowest BCUT2D eigenvalue weighted by molar-refractivity contribution is -0.138. The van der Waals surface area contributed by atoms with Crippen molar-refractivity contribution >= 4 is 29.3 Å². The number of halogens is 3. The first-order valence-electron chi connectivity index (χ1n) is 11.8. The number of carbonyl (C=O) groups excluding carboxylic acids is 1. The molecule has 3 aromatic rings. The normalized spacial score (nSPS) is 14.2. The summed E-state index contributed by atoms with van der Waals surface area (Å²) in [5.41, 5.74) is 8.10. The van der Waals surface area contributed by atoms with Crippen molar-refractivity contribution in [3.05, 3.63) is 71.4 Å². The summed E-state index contributed by atoms with van der Waals surface area (Å²) in [5.74, 6) is -0.190. The Morgan fingerprint density at radius 2 is 1.78 bits per heavy atom. The van der Waals surface area contributed by atoms with Crippen molar-refractivity contribution in [2.75, 3.05) is 49.1 Å². The topological polar surface area (TPSA) is 119 Å². The third-order valence-electron chi connectivity index (χ3n) is 6.08. The summed E-state index contributed by atoms with van der Waals surface area (Å²) in [6, 6.07) is 12.9. The van der Waals surface area contributed by atoms with E-state index in [1.54, 1.807) is 24.4 Å². The van der Waals surface area contributed by atoms with Gasteiger partial charge in [0.05, 0.1) is 12.1 Å². The molecule has 4 rings (SSSR count). The number of carbonyl (C=O) groups is 1. The number of hydrogen-bond donors (Lipinski definition) is 5. The molecule has 1 aromatic heterocycles. The lowest BCUT2D eigenvalue weighted by atomic mass is 10.0. The van der Waals surface area contributed by atoms with Crippen LogP contribution in [0.25, 0.3) is 11.1 Å². The van der Waals surface area contributed by atoms with E-state index in [2.05, 4.69) is 20.9 Å². The van der Waals surface area contributed by atoms with E-state index in [0.717, 1.165) is 36.5 Å². The number of nitrogen functional groups attached to an aromatic ring is 1. The van der Waals surface area contributed by atoms with Crippen molar-refractivity contribution in [3.8, 4) is 11.1 Å². The number of nitrogens with zero attached hydrogens (tertiary/aromatic N) is 2. The molecule has 1 saturated heterocycles. The molecular weight excluding hydrogens is 483 g/mol. The van der Waals surface area contributed by atoms with Gasteiger partial charge in [-0.25, -0.2) is 4.98 Å². The van der Waals surface area contributed by atoms with Crippen LogP contribution in [0, 0.1) is 5.41 Å². The summed E-state index contributed by atoms with van der Waals surface area (Å²) >= 11 is 0. The summed E-state index contributed by atoms with van der Waals surface area (Å²) in [7, 11) is 0. The van der Waals surface area contributed by atoms with E-state index in [1.807, 2.05) is 17.0 Å². The van der Waals surface area contributed by atoms with Gasteiger partial charge in [-0.2, -0.15) is 13.2 Å². The predicted octanol–water partition coefficient (Wildman–Crippen LogP) is 3.80. The van der Waals surface area contributed by atoms with E-state index in [9.17, 15) is 18.0 Å². The summed E-state index contributed by atoms with van der Waals surface area (Å²) in [6.07, 6.45) is -1.77. The number of nitrogens with two attached hydrogens (primary N) is 1. The molecule has 0 unspecified atom stereocenters. The Balaban J connectivity index is 1.37. The Kier molecular flexibility index (Phi) is 8.04. The van der Waals surface area contributed by atoms with Crippen molar-refractivity contribution in [3.63, 3.8) is 0 Å². The molecule has 0 spiro atoms. The van der Waals surface area contributed by atoms with Crippen LogP contribution in [0.3, 0.4) is 0 Å². The molecule has 0 radical (unpaired) electrons. The van der Waals surface area contributed by atoms with Crippen molar-refractivity contribution in [2.45, 2.75) is 12.7 Å². The molecule has 1 aliphatic heterocycles. The summed E-state index contributed by atoms with van der Waals surface area (Å²) in [5, 5.41) is 16.1. The van der Waals surface area contributed by atoms with Crippen molar-refractivity contribution in [1.82, 2.24) is 15.2 Å². The van der Waals surface area contributed by atoms with Gasteiger partial charge in [0, 0.05) is 67.6 Å². The van der Waals surface area contributed by atoms with Gasteiger partial charge in [-0.1, -0.05) is 18.2 Å². The van der Waals surface area contributed by atoms with Gasteiger partial charge in [0.25, 0.3) is 0 Å². The van der Waals surface area contributed by atoms with Crippen LogP contribution in [0.5, 0.6) is 0 Å². The Bertz CT molecular complexity index is 1260. The zero-order valence-corrected chi connectivity index (χ0v) is 20.0. The van der Waals surface area contributed by atoms with Gasteiger partial charge in [0.15, 0.2) is 0 Å². The number of anilines is 3. The fraction of sp³-hybridized carbons (Fsp3) is 0.269. The number of rotatable bonds is 8. The lowest BCUT2D eigenvalue weighted by Crippen LogP contribution is -2.43. The molecule has 6 N–H and O–H groups in total. The Labute approximate surface area is 212 Å². The molecule has 0 bridgehead atoms. The number of amides is 1. The summed E-state index contributed by atoms with van der Waals surface area (Å²) < 4.78 is 41.2. The molecule has 0 aliphatic carbocycles. The second kappa shape index (κ2) is 11.4. The van der Waals surface area contributed by atoms with Crippen LogP contribution in [-0.2, 0) is 17.5 Å². The number of aromatic nitrogens is 1. The van der Waals surface area contributed by atoms with Crippen molar-refractivity contribution in [2.24, 2.45) is 0 Å². The van der Waals surface area contributed by atoms with E-state index >= 15 is 0 Å². The van der Waals surface area contributed by atoms with Crippen LogP contribution < -0.4 is 21.7 Å². The highest BCUT2D eigenvalue weighted by atomic mass is 19.4. The molecule has 2 heterocycles. The first kappa shape index (κ1) is 26.1. The molecule has 37 heavy (non-hydrogen) atoms. The second-order valence-corrected chi connectivity index (χ2v) is 8.72. The predicted molar refractivity (Wildman–Crippen MR) is 139 cm³/mol. The second-order valence-electron chi connectivity index (χ2n) is 8.72. The minimum absolute atomic E-state index is 0.0939. The van der Waals surface area contributed by atoms with Crippen LogP contribution >= 0.6 is 0 Å².